The van der Waals surface area contributed by atoms with Gasteiger partial charge in [-0.15, -0.1) is 11.3 Å². The third-order valence-electron chi connectivity index (χ3n) is 2.55. The summed E-state index contributed by atoms with van der Waals surface area (Å²) in [4.78, 5) is 9.71. The molecule has 0 saturated heterocycles. The lowest BCUT2D eigenvalue weighted by Gasteiger charge is -2.01. The predicted molar refractivity (Wildman–Crippen MR) is 79.7 cm³/mol. The molecule has 0 fully saturated rings. The van der Waals surface area contributed by atoms with E-state index in [1.807, 2.05) is 24.5 Å². The van der Waals surface area contributed by atoms with E-state index in [9.17, 15) is 0 Å². The van der Waals surface area contributed by atoms with E-state index in [2.05, 4.69) is 20.2 Å². The summed E-state index contributed by atoms with van der Waals surface area (Å²) in [7, 11) is 0. The number of aromatic amines is 1. The van der Waals surface area contributed by atoms with Crippen LogP contribution < -0.4 is 0 Å². The van der Waals surface area contributed by atoms with Gasteiger partial charge in [-0.25, -0.2) is 9.97 Å². The standard InChI is InChI=1S/C12H9ClN4S2/c1-18-12-14-5-4-8(16-12)7-6-15-17-11(7)9-2-3-10(13)19-9/h2-6H,1H3,(H,15,17). The van der Waals surface area contributed by atoms with Gasteiger partial charge in [0, 0.05) is 11.8 Å². The number of thioether (sulfide) groups is 1. The molecule has 0 atom stereocenters. The van der Waals surface area contributed by atoms with Crippen LogP contribution in [0.5, 0.6) is 0 Å². The van der Waals surface area contributed by atoms with Crippen LogP contribution in [0, 0.1) is 0 Å². The van der Waals surface area contributed by atoms with Crippen LogP contribution in [-0.2, 0) is 0 Å². The molecule has 1 N–H and O–H groups in total. The van der Waals surface area contributed by atoms with Gasteiger partial charge in [-0.05, 0) is 24.5 Å². The highest BCUT2D eigenvalue weighted by molar-refractivity contribution is 7.98. The fourth-order valence-corrected chi connectivity index (χ4v) is 3.11. The molecule has 0 aliphatic rings. The van der Waals surface area contributed by atoms with Gasteiger partial charge in [0.1, 0.15) is 0 Å². The first kappa shape index (κ1) is 12.7. The SMILES string of the molecule is CSc1nccc(-c2cn[nH]c2-c2ccc(Cl)s2)n1. The van der Waals surface area contributed by atoms with Crippen molar-refractivity contribution in [2.45, 2.75) is 5.16 Å². The number of hydrogen-bond acceptors (Lipinski definition) is 5. The Labute approximate surface area is 123 Å². The fraction of sp³-hybridized carbons (Fsp3) is 0.0833. The van der Waals surface area contributed by atoms with Crippen molar-refractivity contribution in [2.24, 2.45) is 0 Å². The van der Waals surface area contributed by atoms with E-state index in [0.29, 0.717) is 0 Å². The number of nitrogens with zero attached hydrogens (tertiary/aromatic N) is 3. The van der Waals surface area contributed by atoms with Gasteiger partial charge in [-0.3, -0.25) is 5.10 Å². The van der Waals surface area contributed by atoms with Gasteiger partial charge in [-0.1, -0.05) is 23.4 Å². The lowest BCUT2D eigenvalue weighted by atomic mass is 10.1. The highest BCUT2D eigenvalue weighted by Gasteiger charge is 2.13. The highest BCUT2D eigenvalue weighted by Crippen LogP contribution is 2.35. The van der Waals surface area contributed by atoms with E-state index >= 15 is 0 Å². The first-order chi connectivity index (χ1) is 9.28. The second kappa shape index (κ2) is 5.32. The molecular weight excluding hydrogens is 300 g/mol. The Balaban J connectivity index is 2.09. The average Bonchev–Trinajstić information content (AvgIpc) is 3.07. The van der Waals surface area contributed by atoms with Gasteiger partial charge in [0.2, 0.25) is 0 Å². The molecule has 0 unspecified atom stereocenters. The van der Waals surface area contributed by atoms with Gasteiger partial charge in [0.05, 0.1) is 26.8 Å². The molecule has 19 heavy (non-hydrogen) atoms. The Morgan fingerprint density at radius 3 is 2.95 bits per heavy atom. The highest BCUT2D eigenvalue weighted by atomic mass is 35.5. The molecule has 0 aliphatic heterocycles. The maximum atomic E-state index is 5.98. The molecule has 3 aromatic heterocycles. The van der Waals surface area contributed by atoms with Crippen molar-refractivity contribution in [3.8, 4) is 21.8 Å². The van der Waals surface area contributed by atoms with Gasteiger partial charge in [-0.2, -0.15) is 5.10 Å². The van der Waals surface area contributed by atoms with Crippen LogP contribution in [0.3, 0.4) is 0 Å². The predicted octanol–water partition coefficient (Wildman–Crippen LogP) is 3.97. The minimum Gasteiger partial charge on any atom is -0.276 e. The first-order valence-electron chi connectivity index (χ1n) is 5.44. The molecule has 0 saturated carbocycles. The number of halogens is 1. The van der Waals surface area contributed by atoms with Crippen molar-refractivity contribution >= 4 is 34.7 Å². The van der Waals surface area contributed by atoms with Gasteiger partial charge >= 0.3 is 0 Å². The molecule has 0 bridgehead atoms. The molecule has 3 heterocycles. The maximum Gasteiger partial charge on any atom is 0.187 e. The summed E-state index contributed by atoms with van der Waals surface area (Å²) in [6.07, 6.45) is 5.48. The van der Waals surface area contributed by atoms with Gasteiger partial charge in [0.25, 0.3) is 0 Å². The van der Waals surface area contributed by atoms with Crippen molar-refractivity contribution in [3.05, 3.63) is 34.9 Å². The van der Waals surface area contributed by atoms with Crippen molar-refractivity contribution in [1.29, 1.82) is 0 Å². The Bertz CT molecular complexity index is 707. The fourth-order valence-electron chi connectivity index (χ4n) is 1.71. The Morgan fingerprint density at radius 2 is 2.21 bits per heavy atom. The minimum absolute atomic E-state index is 0.744. The third-order valence-corrected chi connectivity index (χ3v) is 4.36. The molecular formula is C12H9ClN4S2. The Morgan fingerprint density at radius 1 is 1.32 bits per heavy atom. The number of thiophene rings is 1. The molecule has 0 radical (unpaired) electrons. The molecule has 96 valence electrons. The summed E-state index contributed by atoms with van der Waals surface area (Å²) < 4.78 is 0.753. The summed E-state index contributed by atoms with van der Waals surface area (Å²) in [5.41, 5.74) is 2.74. The Kier molecular flexibility index (Phi) is 3.54. The molecule has 0 spiro atoms. The largest absolute Gasteiger partial charge is 0.276 e. The van der Waals surface area contributed by atoms with Crippen molar-refractivity contribution < 1.29 is 0 Å². The summed E-state index contributed by atoms with van der Waals surface area (Å²) >= 11 is 9.00. The van der Waals surface area contributed by atoms with Crippen LogP contribution in [0.25, 0.3) is 21.8 Å². The first-order valence-corrected chi connectivity index (χ1v) is 7.86. The zero-order chi connectivity index (χ0) is 13.2. The lowest BCUT2D eigenvalue weighted by molar-refractivity contribution is 0.976. The number of rotatable bonds is 3. The summed E-state index contributed by atoms with van der Waals surface area (Å²) in [6, 6.07) is 5.73. The van der Waals surface area contributed by atoms with E-state index in [-0.39, 0.29) is 0 Å². The van der Waals surface area contributed by atoms with E-state index < -0.39 is 0 Å². The minimum atomic E-state index is 0.744. The van der Waals surface area contributed by atoms with E-state index in [4.69, 9.17) is 11.6 Å². The number of hydrogen-bond donors (Lipinski definition) is 1. The second-order valence-corrected chi connectivity index (χ2v) is 6.18. The third kappa shape index (κ3) is 2.51. The zero-order valence-electron chi connectivity index (χ0n) is 9.92. The van der Waals surface area contributed by atoms with Crippen molar-refractivity contribution in [2.75, 3.05) is 6.26 Å². The van der Waals surface area contributed by atoms with Gasteiger partial charge in [0.15, 0.2) is 5.16 Å². The lowest BCUT2D eigenvalue weighted by Crippen LogP contribution is -1.89. The van der Waals surface area contributed by atoms with Crippen LogP contribution in [-0.4, -0.2) is 26.4 Å². The molecule has 0 amide bonds. The van der Waals surface area contributed by atoms with Crippen LogP contribution in [0.15, 0.2) is 35.7 Å². The molecule has 0 aromatic carbocycles. The molecule has 7 heteroatoms. The monoisotopic (exact) mass is 308 g/mol. The van der Waals surface area contributed by atoms with Gasteiger partial charge < -0.3 is 0 Å². The smallest absolute Gasteiger partial charge is 0.187 e. The van der Waals surface area contributed by atoms with Crippen LogP contribution >= 0.6 is 34.7 Å². The molecule has 0 aliphatic carbocycles. The molecule has 4 nitrogen and oxygen atoms in total. The quantitative estimate of drug-likeness (QED) is 0.587. The summed E-state index contributed by atoms with van der Waals surface area (Å²) in [5, 5.41) is 7.86. The number of H-pyrrole nitrogens is 1. The number of nitrogens with one attached hydrogen (secondary N) is 1. The molecule has 3 rings (SSSR count). The van der Waals surface area contributed by atoms with Crippen LogP contribution in [0.1, 0.15) is 0 Å². The van der Waals surface area contributed by atoms with Crippen molar-refractivity contribution in [3.63, 3.8) is 0 Å². The van der Waals surface area contributed by atoms with Crippen molar-refractivity contribution in [1.82, 2.24) is 20.2 Å². The summed E-state index contributed by atoms with van der Waals surface area (Å²) in [5.74, 6) is 0. The average molecular weight is 309 g/mol. The topological polar surface area (TPSA) is 54.5 Å². The Hall–Kier alpha value is -1.37. The molecule has 3 aromatic rings. The van der Waals surface area contributed by atoms with E-state index in [0.717, 1.165) is 31.3 Å². The number of aromatic nitrogens is 4. The summed E-state index contributed by atoms with van der Waals surface area (Å²) in [6.45, 7) is 0. The van der Waals surface area contributed by atoms with E-state index in [1.54, 1.807) is 12.4 Å². The van der Waals surface area contributed by atoms with Crippen LogP contribution in [0.2, 0.25) is 4.34 Å². The van der Waals surface area contributed by atoms with E-state index in [1.165, 1.54) is 23.1 Å². The maximum absolute atomic E-state index is 5.98. The second-order valence-electron chi connectivity index (χ2n) is 3.69. The normalized spacial score (nSPS) is 10.8. The van der Waals surface area contributed by atoms with Crippen LogP contribution in [0.4, 0.5) is 0 Å². The zero-order valence-corrected chi connectivity index (χ0v) is 12.3.